The molecule has 0 amide bonds. The van der Waals surface area contributed by atoms with Gasteiger partial charge in [0.25, 0.3) is 0 Å². The summed E-state index contributed by atoms with van der Waals surface area (Å²) in [4.78, 5) is 2.31. The van der Waals surface area contributed by atoms with Gasteiger partial charge in [-0.1, -0.05) is 30.3 Å². The number of nitrogens with zero attached hydrogens (tertiary/aromatic N) is 3. The molecule has 0 aliphatic heterocycles. The van der Waals surface area contributed by atoms with E-state index in [1.807, 2.05) is 43.3 Å². The van der Waals surface area contributed by atoms with Crippen LogP contribution in [0.4, 0.5) is 4.39 Å². The van der Waals surface area contributed by atoms with E-state index in [1.54, 1.807) is 16.8 Å². The van der Waals surface area contributed by atoms with Crippen LogP contribution in [0.2, 0.25) is 0 Å². The average Bonchev–Trinajstić information content (AvgIpc) is 3.59. The zero-order valence-electron chi connectivity index (χ0n) is 18.5. The lowest BCUT2D eigenvalue weighted by atomic mass is 10.1. The second kappa shape index (κ2) is 10.1. The molecule has 168 valence electrons. The lowest BCUT2D eigenvalue weighted by Crippen LogP contribution is -2.34. The number of aliphatic hydroxyl groups excluding tert-OH is 1. The van der Waals surface area contributed by atoms with E-state index in [0.717, 1.165) is 36.2 Å². The van der Waals surface area contributed by atoms with Crippen molar-refractivity contribution in [3.8, 4) is 17.3 Å². The van der Waals surface area contributed by atoms with Gasteiger partial charge in [0.05, 0.1) is 23.0 Å². The van der Waals surface area contributed by atoms with Gasteiger partial charge in [-0.15, -0.1) is 6.58 Å². The summed E-state index contributed by atoms with van der Waals surface area (Å²) in [7, 11) is 0. The molecule has 1 aromatic heterocycles. The highest BCUT2D eigenvalue weighted by atomic mass is 19.1. The molecule has 1 aliphatic carbocycles. The standard InChI is InChI=1S/C26H30FN3O2/c1-3-4-12-23(31)17-29(21-14-15-21)18-25-19(2)28-30(22-10-6-5-7-11-22)26(25)32-24-13-8-9-20(27)16-24/h3,5-11,13,16,21,23,31H,1,4,12,14-15,17-18H2,2H3/t23-/m1/s1. The number of aromatic nitrogens is 2. The molecular formula is C26H30FN3O2. The maximum atomic E-state index is 13.8. The Balaban J connectivity index is 1.67. The van der Waals surface area contributed by atoms with Gasteiger partial charge in [0.1, 0.15) is 11.6 Å². The molecule has 6 heteroatoms. The maximum Gasteiger partial charge on any atom is 0.227 e. The zero-order chi connectivity index (χ0) is 22.5. The van der Waals surface area contributed by atoms with Crippen LogP contribution in [-0.2, 0) is 6.54 Å². The third-order valence-corrected chi connectivity index (χ3v) is 5.72. The molecule has 5 nitrogen and oxygen atoms in total. The van der Waals surface area contributed by atoms with E-state index in [9.17, 15) is 9.50 Å². The highest BCUT2D eigenvalue weighted by Crippen LogP contribution is 2.35. The first-order valence-corrected chi connectivity index (χ1v) is 11.2. The first-order chi connectivity index (χ1) is 15.5. The molecule has 1 atom stereocenters. The zero-order valence-corrected chi connectivity index (χ0v) is 18.5. The minimum atomic E-state index is -0.411. The molecule has 32 heavy (non-hydrogen) atoms. The number of halogens is 1. The van der Waals surface area contributed by atoms with Crippen LogP contribution in [0, 0.1) is 12.7 Å². The second-order valence-corrected chi connectivity index (χ2v) is 8.36. The molecule has 1 saturated carbocycles. The molecule has 0 saturated heterocycles. The lowest BCUT2D eigenvalue weighted by Gasteiger charge is -2.25. The predicted molar refractivity (Wildman–Crippen MR) is 124 cm³/mol. The Labute approximate surface area is 188 Å². The number of hydrogen-bond donors (Lipinski definition) is 1. The van der Waals surface area contributed by atoms with Crippen molar-refractivity contribution in [2.24, 2.45) is 0 Å². The third kappa shape index (κ3) is 5.44. The Hall–Kier alpha value is -2.96. The molecule has 2 aromatic carbocycles. The number of ether oxygens (including phenoxy) is 1. The molecule has 3 aromatic rings. The van der Waals surface area contributed by atoms with Gasteiger partial charge in [-0.25, -0.2) is 9.07 Å². The van der Waals surface area contributed by atoms with Crippen LogP contribution < -0.4 is 4.74 Å². The van der Waals surface area contributed by atoms with Crippen molar-refractivity contribution in [3.05, 3.63) is 84.3 Å². The van der Waals surface area contributed by atoms with Gasteiger partial charge in [0.15, 0.2) is 0 Å². The Kier molecular flexibility index (Phi) is 7.02. The van der Waals surface area contributed by atoms with Gasteiger partial charge in [-0.05, 0) is 56.9 Å². The fourth-order valence-corrected chi connectivity index (χ4v) is 3.87. The maximum absolute atomic E-state index is 13.8. The third-order valence-electron chi connectivity index (χ3n) is 5.72. The van der Waals surface area contributed by atoms with Crippen molar-refractivity contribution in [3.63, 3.8) is 0 Å². The number of rotatable bonds is 11. The Morgan fingerprint density at radius 1 is 1.25 bits per heavy atom. The number of para-hydroxylation sites is 1. The fourth-order valence-electron chi connectivity index (χ4n) is 3.87. The normalized spacial score (nSPS) is 14.5. The number of hydrogen-bond acceptors (Lipinski definition) is 4. The van der Waals surface area contributed by atoms with E-state index in [1.165, 1.54) is 12.1 Å². The number of benzene rings is 2. The van der Waals surface area contributed by atoms with Crippen LogP contribution in [0.3, 0.4) is 0 Å². The first kappa shape index (κ1) is 22.2. The number of allylic oxidation sites excluding steroid dienone is 1. The van der Waals surface area contributed by atoms with Gasteiger partial charge in [0.2, 0.25) is 5.88 Å². The van der Waals surface area contributed by atoms with Crippen LogP contribution in [0.5, 0.6) is 11.6 Å². The second-order valence-electron chi connectivity index (χ2n) is 8.36. The van der Waals surface area contributed by atoms with Crippen molar-refractivity contribution in [2.45, 2.75) is 51.3 Å². The molecule has 0 unspecified atom stereocenters. The Morgan fingerprint density at radius 2 is 2.03 bits per heavy atom. The van der Waals surface area contributed by atoms with Gasteiger partial charge in [-0.3, -0.25) is 4.90 Å². The number of aryl methyl sites for hydroxylation is 1. The summed E-state index contributed by atoms with van der Waals surface area (Å²) in [6.07, 6.45) is 5.16. The van der Waals surface area contributed by atoms with Gasteiger partial charge in [-0.2, -0.15) is 5.10 Å². The quantitative estimate of drug-likeness (QED) is 0.410. The molecule has 1 aliphatic rings. The van der Waals surface area contributed by atoms with Crippen molar-refractivity contribution in [1.82, 2.24) is 14.7 Å². The van der Waals surface area contributed by atoms with Crippen LogP contribution in [0.25, 0.3) is 5.69 Å². The van der Waals surface area contributed by atoms with Gasteiger partial charge < -0.3 is 9.84 Å². The summed E-state index contributed by atoms with van der Waals surface area (Å²) in [5.41, 5.74) is 2.67. The van der Waals surface area contributed by atoms with E-state index in [4.69, 9.17) is 9.84 Å². The highest BCUT2D eigenvalue weighted by Gasteiger charge is 2.32. The van der Waals surface area contributed by atoms with Crippen LogP contribution in [0.15, 0.2) is 67.3 Å². The van der Waals surface area contributed by atoms with Crippen LogP contribution in [-0.4, -0.2) is 38.5 Å². The summed E-state index contributed by atoms with van der Waals surface area (Å²) >= 11 is 0. The summed E-state index contributed by atoms with van der Waals surface area (Å²) in [5, 5.41) is 15.3. The van der Waals surface area contributed by atoms with Crippen LogP contribution >= 0.6 is 0 Å². The molecule has 1 N–H and O–H groups in total. The van der Waals surface area contributed by atoms with Gasteiger partial charge >= 0.3 is 0 Å². The molecular weight excluding hydrogens is 405 g/mol. The van der Waals surface area contributed by atoms with E-state index < -0.39 is 6.10 Å². The van der Waals surface area contributed by atoms with Crippen molar-refractivity contribution in [2.75, 3.05) is 6.54 Å². The monoisotopic (exact) mass is 435 g/mol. The van der Waals surface area contributed by atoms with Crippen molar-refractivity contribution in [1.29, 1.82) is 0 Å². The molecule has 1 fully saturated rings. The molecule has 0 radical (unpaired) electrons. The first-order valence-electron chi connectivity index (χ1n) is 11.2. The Bertz CT molecular complexity index is 1050. The largest absolute Gasteiger partial charge is 0.438 e. The predicted octanol–water partition coefficient (Wildman–Crippen LogP) is 5.40. The van der Waals surface area contributed by atoms with E-state index in [-0.39, 0.29) is 5.82 Å². The molecule has 0 bridgehead atoms. The van der Waals surface area contributed by atoms with Gasteiger partial charge in [0, 0.05) is 25.2 Å². The average molecular weight is 436 g/mol. The molecule has 0 spiro atoms. The van der Waals surface area contributed by atoms with Crippen LogP contribution in [0.1, 0.15) is 36.9 Å². The van der Waals surface area contributed by atoms with E-state index >= 15 is 0 Å². The molecule has 1 heterocycles. The summed E-state index contributed by atoms with van der Waals surface area (Å²) in [6.45, 7) is 6.91. The van der Waals surface area contributed by atoms with Crippen molar-refractivity contribution < 1.29 is 14.2 Å². The minimum absolute atomic E-state index is 0.350. The fraction of sp³-hybridized carbons (Fsp3) is 0.346. The summed E-state index contributed by atoms with van der Waals surface area (Å²) < 4.78 is 21.8. The van der Waals surface area contributed by atoms with E-state index in [0.29, 0.717) is 37.2 Å². The SMILES string of the molecule is C=CCC[C@@H](O)CN(Cc1c(C)nn(-c2ccccc2)c1Oc1cccc(F)c1)C1CC1. The summed E-state index contributed by atoms with van der Waals surface area (Å²) in [5.74, 6) is 0.648. The smallest absolute Gasteiger partial charge is 0.227 e. The molecule has 4 rings (SSSR count). The van der Waals surface area contributed by atoms with E-state index in [2.05, 4.69) is 11.5 Å². The minimum Gasteiger partial charge on any atom is -0.438 e. The Morgan fingerprint density at radius 3 is 2.72 bits per heavy atom. The topological polar surface area (TPSA) is 50.5 Å². The summed E-state index contributed by atoms with van der Waals surface area (Å²) in [6, 6.07) is 16.4. The van der Waals surface area contributed by atoms with Crippen molar-refractivity contribution >= 4 is 0 Å². The highest BCUT2D eigenvalue weighted by molar-refractivity contribution is 5.43. The lowest BCUT2D eigenvalue weighted by molar-refractivity contribution is 0.0975. The number of aliphatic hydroxyl groups is 1.